The van der Waals surface area contributed by atoms with E-state index in [4.69, 9.17) is 18.0 Å². The highest BCUT2D eigenvalue weighted by Gasteiger charge is 2.38. The van der Waals surface area contributed by atoms with Crippen molar-refractivity contribution in [3.05, 3.63) is 24.3 Å². The van der Waals surface area contributed by atoms with Crippen LogP contribution in [0, 0.1) is 5.92 Å². The second kappa shape index (κ2) is 5.61. The van der Waals surface area contributed by atoms with Gasteiger partial charge >= 0.3 is 0 Å². The summed E-state index contributed by atoms with van der Waals surface area (Å²) in [5.41, 5.74) is 5.73. The number of amides is 1. The summed E-state index contributed by atoms with van der Waals surface area (Å²) in [4.78, 5) is 20.2. The Balaban J connectivity index is 2.14. The Kier molecular flexibility index (Phi) is 4.09. The van der Waals surface area contributed by atoms with E-state index in [-0.39, 0.29) is 5.91 Å². The number of carbonyl (C=O) groups is 1. The minimum atomic E-state index is -0.561. The van der Waals surface area contributed by atoms with Crippen LogP contribution in [0.4, 0.5) is 0 Å². The highest BCUT2D eigenvalue weighted by molar-refractivity contribution is 7.80. The van der Waals surface area contributed by atoms with Crippen molar-refractivity contribution in [3.8, 4) is 0 Å². The van der Waals surface area contributed by atoms with Crippen LogP contribution in [0.2, 0.25) is 0 Å². The first kappa shape index (κ1) is 13.9. The molecule has 1 fully saturated rings. The van der Waals surface area contributed by atoms with Gasteiger partial charge in [0, 0.05) is 12.4 Å². The molecule has 0 saturated heterocycles. The Bertz CT molecular complexity index is 469. The smallest absolute Gasteiger partial charge is 0.255 e. The zero-order valence-electron chi connectivity index (χ0n) is 10.9. The number of thiocarbonyl (C=S) groups is 1. The fourth-order valence-corrected chi connectivity index (χ4v) is 2.65. The Labute approximate surface area is 118 Å². The molecule has 1 saturated carbocycles. The molecule has 5 nitrogen and oxygen atoms in total. The van der Waals surface area contributed by atoms with E-state index in [1.807, 2.05) is 0 Å². The van der Waals surface area contributed by atoms with Gasteiger partial charge in [0.2, 0.25) is 0 Å². The lowest BCUT2D eigenvalue weighted by Gasteiger charge is -2.39. The highest BCUT2D eigenvalue weighted by atomic mass is 32.1. The van der Waals surface area contributed by atoms with Crippen molar-refractivity contribution in [1.29, 1.82) is 0 Å². The van der Waals surface area contributed by atoms with Crippen molar-refractivity contribution in [2.45, 2.75) is 38.1 Å². The second-order valence-corrected chi connectivity index (χ2v) is 5.65. The average molecular weight is 278 g/mol. The summed E-state index contributed by atoms with van der Waals surface area (Å²) in [5.74, 6) is 0.433. The van der Waals surface area contributed by atoms with E-state index < -0.39 is 5.54 Å². The molecule has 2 rings (SSSR count). The van der Waals surface area contributed by atoms with Crippen molar-refractivity contribution in [3.63, 3.8) is 0 Å². The number of rotatable bonds is 3. The van der Waals surface area contributed by atoms with Gasteiger partial charge in [0.25, 0.3) is 5.91 Å². The van der Waals surface area contributed by atoms with Crippen LogP contribution in [-0.4, -0.2) is 26.4 Å². The van der Waals surface area contributed by atoms with E-state index in [0.717, 1.165) is 25.7 Å². The molecule has 3 N–H and O–H groups in total. The van der Waals surface area contributed by atoms with Gasteiger partial charge in [-0.15, -0.1) is 0 Å². The molecule has 1 heterocycles. The van der Waals surface area contributed by atoms with Crippen molar-refractivity contribution in [1.82, 2.24) is 15.3 Å². The van der Waals surface area contributed by atoms with Gasteiger partial charge in [-0.2, -0.15) is 0 Å². The van der Waals surface area contributed by atoms with Crippen LogP contribution in [0.3, 0.4) is 0 Å². The molecule has 1 amide bonds. The first-order valence-electron chi connectivity index (χ1n) is 6.41. The summed E-state index contributed by atoms with van der Waals surface area (Å²) in [6.07, 6.45) is 7.99. The van der Waals surface area contributed by atoms with Gasteiger partial charge < -0.3 is 11.1 Å². The lowest BCUT2D eigenvalue weighted by atomic mass is 9.77. The highest BCUT2D eigenvalue weighted by Crippen LogP contribution is 2.32. The summed E-state index contributed by atoms with van der Waals surface area (Å²) >= 11 is 5.17. The van der Waals surface area contributed by atoms with Crippen molar-refractivity contribution >= 4 is 23.1 Å². The van der Waals surface area contributed by atoms with Gasteiger partial charge in [-0.3, -0.25) is 4.79 Å². The van der Waals surface area contributed by atoms with Gasteiger partial charge in [0.1, 0.15) is 6.33 Å². The maximum atomic E-state index is 12.2. The first-order valence-corrected chi connectivity index (χ1v) is 6.82. The van der Waals surface area contributed by atoms with Crippen LogP contribution in [0.25, 0.3) is 0 Å². The molecule has 1 aromatic heterocycles. The lowest BCUT2D eigenvalue weighted by Crippen LogP contribution is -2.58. The minimum absolute atomic E-state index is 0.219. The van der Waals surface area contributed by atoms with Gasteiger partial charge in [0.15, 0.2) is 0 Å². The molecule has 1 aliphatic rings. The minimum Gasteiger partial charge on any atom is -0.391 e. The number of nitrogens with two attached hydrogens (primary N) is 1. The monoisotopic (exact) mass is 278 g/mol. The van der Waals surface area contributed by atoms with Crippen molar-refractivity contribution < 1.29 is 4.79 Å². The van der Waals surface area contributed by atoms with Crippen LogP contribution in [-0.2, 0) is 0 Å². The molecular formula is C13H18N4OS. The number of hydrogen-bond acceptors (Lipinski definition) is 4. The van der Waals surface area contributed by atoms with Crippen LogP contribution in [0.5, 0.6) is 0 Å². The zero-order chi connectivity index (χ0) is 13.9. The first-order chi connectivity index (χ1) is 9.03. The van der Waals surface area contributed by atoms with E-state index in [1.54, 1.807) is 0 Å². The van der Waals surface area contributed by atoms with Gasteiger partial charge in [-0.1, -0.05) is 19.1 Å². The van der Waals surface area contributed by atoms with Crippen molar-refractivity contribution in [2.75, 3.05) is 0 Å². The van der Waals surface area contributed by atoms with Crippen LogP contribution >= 0.6 is 12.2 Å². The molecule has 0 aromatic carbocycles. The summed E-state index contributed by atoms with van der Waals surface area (Å²) in [6.45, 7) is 2.20. The van der Waals surface area contributed by atoms with E-state index in [0.29, 0.717) is 16.5 Å². The molecule has 1 aliphatic carbocycles. The third-order valence-electron chi connectivity index (χ3n) is 3.78. The van der Waals surface area contributed by atoms with Gasteiger partial charge in [-0.05, 0) is 31.6 Å². The number of carbonyl (C=O) groups excluding carboxylic acids is 1. The normalized spacial score (nSPS) is 26.7. The lowest BCUT2D eigenvalue weighted by molar-refractivity contribution is 0.0900. The fraction of sp³-hybridized carbons (Fsp3) is 0.538. The number of hydrogen-bond donors (Lipinski definition) is 2. The summed E-state index contributed by atoms with van der Waals surface area (Å²) in [7, 11) is 0. The molecule has 102 valence electrons. The standard InChI is InChI=1S/C13H18N4OS/c1-9-2-4-13(5-3-9,12(14)19)17-11(18)10-6-15-8-16-7-10/h6-9H,2-5H2,1H3,(H2,14,19)(H,17,18). The van der Waals surface area contributed by atoms with Gasteiger partial charge in [0.05, 0.1) is 16.1 Å². The molecular weight excluding hydrogens is 260 g/mol. The molecule has 0 radical (unpaired) electrons. The fourth-order valence-electron chi connectivity index (χ4n) is 2.39. The number of aromatic nitrogens is 2. The van der Waals surface area contributed by atoms with E-state index in [9.17, 15) is 4.79 Å². The molecule has 0 atom stereocenters. The maximum absolute atomic E-state index is 12.2. The third-order valence-corrected chi connectivity index (χ3v) is 4.17. The Morgan fingerprint density at radius 3 is 2.53 bits per heavy atom. The SMILES string of the molecule is CC1CCC(NC(=O)c2cncnc2)(C(N)=S)CC1. The van der Waals surface area contributed by atoms with E-state index >= 15 is 0 Å². The van der Waals surface area contributed by atoms with E-state index in [1.165, 1.54) is 18.7 Å². The van der Waals surface area contributed by atoms with Gasteiger partial charge in [-0.25, -0.2) is 9.97 Å². The molecule has 0 spiro atoms. The Morgan fingerprint density at radius 1 is 1.42 bits per heavy atom. The quantitative estimate of drug-likeness (QED) is 0.818. The molecule has 0 bridgehead atoms. The number of nitrogens with one attached hydrogen (secondary N) is 1. The van der Waals surface area contributed by atoms with Crippen LogP contribution in [0.1, 0.15) is 43.0 Å². The predicted molar refractivity (Wildman–Crippen MR) is 76.6 cm³/mol. The topological polar surface area (TPSA) is 80.9 Å². The molecule has 19 heavy (non-hydrogen) atoms. The predicted octanol–water partition coefficient (Wildman–Crippen LogP) is 1.44. The second-order valence-electron chi connectivity index (χ2n) is 5.21. The number of nitrogens with zero attached hydrogens (tertiary/aromatic N) is 2. The Morgan fingerprint density at radius 2 is 2.00 bits per heavy atom. The summed E-state index contributed by atoms with van der Waals surface area (Å²) in [6, 6.07) is 0. The third kappa shape index (κ3) is 3.07. The zero-order valence-corrected chi connectivity index (χ0v) is 11.7. The molecule has 6 heteroatoms. The Hall–Kier alpha value is -1.56. The average Bonchev–Trinajstić information content (AvgIpc) is 2.42. The molecule has 1 aromatic rings. The van der Waals surface area contributed by atoms with E-state index in [2.05, 4.69) is 22.2 Å². The molecule has 0 aliphatic heterocycles. The van der Waals surface area contributed by atoms with Crippen LogP contribution < -0.4 is 11.1 Å². The van der Waals surface area contributed by atoms with Crippen LogP contribution in [0.15, 0.2) is 18.7 Å². The largest absolute Gasteiger partial charge is 0.391 e. The maximum Gasteiger partial charge on any atom is 0.255 e. The summed E-state index contributed by atoms with van der Waals surface area (Å²) < 4.78 is 0. The summed E-state index contributed by atoms with van der Waals surface area (Å²) in [5, 5.41) is 2.98. The van der Waals surface area contributed by atoms with Crippen molar-refractivity contribution in [2.24, 2.45) is 11.7 Å². The molecule has 0 unspecified atom stereocenters.